The van der Waals surface area contributed by atoms with Crippen LogP contribution in [0.15, 0.2) is 17.8 Å². The van der Waals surface area contributed by atoms with Gasteiger partial charge in [-0.1, -0.05) is 6.42 Å². The van der Waals surface area contributed by atoms with Crippen LogP contribution in [0.25, 0.3) is 4.96 Å². The molecule has 1 aliphatic carbocycles. The van der Waals surface area contributed by atoms with Gasteiger partial charge in [0.25, 0.3) is 0 Å². The minimum Gasteiger partial charge on any atom is -0.319 e. The van der Waals surface area contributed by atoms with E-state index in [0.717, 1.165) is 29.8 Å². The molecule has 92 valence electrons. The molecule has 0 bridgehead atoms. The molecule has 0 saturated heterocycles. The van der Waals surface area contributed by atoms with Crippen LogP contribution in [-0.2, 0) is 6.42 Å². The van der Waals surface area contributed by atoms with Crippen LogP contribution in [0, 0.1) is 11.8 Å². The van der Waals surface area contributed by atoms with Gasteiger partial charge in [-0.15, -0.1) is 11.3 Å². The standard InChI is InChI=1S/C13H19N3S/c1-14-8-11-4-2-3-10(11)7-12-9-16-5-6-17-13(16)15-12/h5-6,9-11,14H,2-4,7-8H2,1H3. The molecular weight excluding hydrogens is 230 g/mol. The van der Waals surface area contributed by atoms with Crippen LogP contribution in [-0.4, -0.2) is 23.0 Å². The zero-order chi connectivity index (χ0) is 11.7. The van der Waals surface area contributed by atoms with Gasteiger partial charge in [-0.05, 0) is 44.7 Å². The van der Waals surface area contributed by atoms with Crippen molar-refractivity contribution in [3.8, 4) is 0 Å². The average molecular weight is 249 g/mol. The lowest BCUT2D eigenvalue weighted by Gasteiger charge is -2.17. The van der Waals surface area contributed by atoms with Crippen molar-refractivity contribution in [1.29, 1.82) is 0 Å². The second-order valence-electron chi connectivity index (χ2n) is 5.04. The summed E-state index contributed by atoms with van der Waals surface area (Å²) in [6.07, 6.45) is 9.59. The number of hydrogen-bond donors (Lipinski definition) is 1. The Hall–Kier alpha value is -0.870. The van der Waals surface area contributed by atoms with E-state index in [4.69, 9.17) is 4.98 Å². The normalized spacial score (nSPS) is 24.8. The lowest BCUT2D eigenvalue weighted by Crippen LogP contribution is -2.23. The minimum absolute atomic E-state index is 0.826. The molecule has 2 aromatic rings. The van der Waals surface area contributed by atoms with Gasteiger partial charge in [0, 0.05) is 17.8 Å². The third-order valence-electron chi connectivity index (χ3n) is 3.90. The number of nitrogens with zero attached hydrogens (tertiary/aromatic N) is 2. The van der Waals surface area contributed by atoms with Gasteiger partial charge in [-0.3, -0.25) is 4.40 Å². The van der Waals surface area contributed by atoms with Gasteiger partial charge in [0.1, 0.15) is 0 Å². The number of imidazole rings is 1. The highest BCUT2D eigenvalue weighted by Gasteiger charge is 2.27. The topological polar surface area (TPSA) is 29.3 Å². The van der Waals surface area contributed by atoms with E-state index in [9.17, 15) is 0 Å². The first-order valence-electron chi connectivity index (χ1n) is 6.42. The van der Waals surface area contributed by atoms with Gasteiger partial charge in [-0.2, -0.15) is 0 Å². The highest BCUT2D eigenvalue weighted by molar-refractivity contribution is 7.15. The summed E-state index contributed by atoms with van der Waals surface area (Å²) in [5, 5.41) is 5.41. The van der Waals surface area contributed by atoms with E-state index in [0.29, 0.717) is 0 Å². The first kappa shape index (κ1) is 11.2. The third-order valence-corrected chi connectivity index (χ3v) is 4.67. The Labute approximate surface area is 106 Å². The van der Waals surface area contributed by atoms with Crippen molar-refractivity contribution in [2.75, 3.05) is 13.6 Å². The predicted octanol–water partition coefficient (Wildman–Crippen LogP) is 2.57. The lowest BCUT2D eigenvalue weighted by molar-refractivity contribution is 0.372. The van der Waals surface area contributed by atoms with E-state index in [1.165, 1.54) is 25.0 Å². The van der Waals surface area contributed by atoms with Gasteiger partial charge in [0.15, 0.2) is 4.96 Å². The van der Waals surface area contributed by atoms with E-state index in [1.54, 1.807) is 11.3 Å². The Morgan fingerprint density at radius 1 is 1.47 bits per heavy atom. The Morgan fingerprint density at radius 2 is 2.35 bits per heavy atom. The summed E-state index contributed by atoms with van der Waals surface area (Å²) in [6, 6.07) is 0. The molecule has 2 atom stereocenters. The lowest BCUT2D eigenvalue weighted by atomic mass is 9.92. The SMILES string of the molecule is CNCC1CCCC1Cc1cn2ccsc2n1. The van der Waals surface area contributed by atoms with Crippen LogP contribution < -0.4 is 5.32 Å². The fourth-order valence-electron chi connectivity index (χ4n) is 3.06. The number of rotatable bonds is 4. The molecule has 1 N–H and O–H groups in total. The smallest absolute Gasteiger partial charge is 0.193 e. The summed E-state index contributed by atoms with van der Waals surface area (Å²) in [7, 11) is 2.06. The maximum absolute atomic E-state index is 4.69. The molecule has 0 spiro atoms. The highest BCUT2D eigenvalue weighted by Crippen LogP contribution is 2.33. The van der Waals surface area contributed by atoms with Crippen LogP contribution in [0.2, 0.25) is 0 Å². The number of fused-ring (bicyclic) bond motifs is 1. The molecule has 1 fully saturated rings. The largest absolute Gasteiger partial charge is 0.319 e. The molecule has 2 aromatic heterocycles. The van der Waals surface area contributed by atoms with Crippen LogP contribution in [0.3, 0.4) is 0 Å². The monoisotopic (exact) mass is 249 g/mol. The van der Waals surface area contributed by atoms with Gasteiger partial charge < -0.3 is 5.32 Å². The van der Waals surface area contributed by atoms with Crippen LogP contribution in [0.5, 0.6) is 0 Å². The molecule has 0 aromatic carbocycles. The summed E-state index contributed by atoms with van der Waals surface area (Å²) in [6.45, 7) is 1.16. The molecule has 1 aliphatic rings. The maximum atomic E-state index is 4.69. The van der Waals surface area contributed by atoms with Crippen molar-refractivity contribution in [3.05, 3.63) is 23.5 Å². The van der Waals surface area contributed by atoms with E-state index in [1.807, 2.05) is 0 Å². The molecule has 3 rings (SSSR count). The van der Waals surface area contributed by atoms with Crippen LogP contribution in [0.4, 0.5) is 0 Å². The Bertz CT molecular complexity index is 459. The van der Waals surface area contributed by atoms with Gasteiger partial charge in [-0.25, -0.2) is 4.98 Å². The molecule has 2 unspecified atom stereocenters. The van der Waals surface area contributed by atoms with E-state index < -0.39 is 0 Å². The van der Waals surface area contributed by atoms with Crippen LogP contribution in [0.1, 0.15) is 25.0 Å². The van der Waals surface area contributed by atoms with Gasteiger partial charge in [0.2, 0.25) is 0 Å². The van der Waals surface area contributed by atoms with Crippen LogP contribution >= 0.6 is 11.3 Å². The first-order chi connectivity index (χ1) is 8.36. The Balaban J connectivity index is 1.71. The molecule has 17 heavy (non-hydrogen) atoms. The van der Waals surface area contributed by atoms with E-state index in [2.05, 4.69) is 34.5 Å². The fourth-order valence-corrected chi connectivity index (χ4v) is 3.78. The molecule has 0 aliphatic heterocycles. The van der Waals surface area contributed by atoms with Crippen molar-refractivity contribution >= 4 is 16.3 Å². The number of hydrogen-bond acceptors (Lipinski definition) is 3. The van der Waals surface area contributed by atoms with Crippen molar-refractivity contribution in [1.82, 2.24) is 14.7 Å². The number of aromatic nitrogens is 2. The molecule has 3 nitrogen and oxygen atoms in total. The molecule has 4 heteroatoms. The summed E-state index contributed by atoms with van der Waals surface area (Å²) in [4.78, 5) is 5.82. The van der Waals surface area contributed by atoms with E-state index in [-0.39, 0.29) is 0 Å². The Kier molecular flexibility index (Phi) is 3.16. The maximum Gasteiger partial charge on any atom is 0.193 e. The third kappa shape index (κ3) is 2.24. The Morgan fingerprint density at radius 3 is 3.18 bits per heavy atom. The first-order valence-corrected chi connectivity index (χ1v) is 7.30. The fraction of sp³-hybridized carbons (Fsp3) is 0.615. The second-order valence-corrected chi connectivity index (χ2v) is 5.91. The molecule has 0 amide bonds. The molecular formula is C13H19N3S. The van der Waals surface area contributed by atoms with Gasteiger partial charge >= 0.3 is 0 Å². The second kappa shape index (κ2) is 4.78. The summed E-state index contributed by atoms with van der Waals surface area (Å²) in [5.41, 5.74) is 1.27. The average Bonchev–Trinajstić information content (AvgIpc) is 2.95. The quantitative estimate of drug-likeness (QED) is 0.902. The van der Waals surface area contributed by atoms with E-state index >= 15 is 0 Å². The van der Waals surface area contributed by atoms with Crippen molar-refractivity contribution in [3.63, 3.8) is 0 Å². The minimum atomic E-state index is 0.826. The zero-order valence-electron chi connectivity index (χ0n) is 10.2. The molecule has 1 saturated carbocycles. The summed E-state index contributed by atoms with van der Waals surface area (Å²) < 4.78 is 2.14. The highest BCUT2D eigenvalue weighted by atomic mass is 32.1. The number of thiazole rings is 1. The molecule has 0 radical (unpaired) electrons. The van der Waals surface area contributed by atoms with Crippen molar-refractivity contribution < 1.29 is 0 Å². The van der Waals surface area contributed by atoms with Gasteiger partial charge in [0.05, 0.1) is 5.69 Å². The van der Waals surface area contributed by atoms with Crippen molar-refractivity contribution in [2.45, 2.75) is 25.7 Å². The zero-order valence-corrected chi connectivity index (χ0v) is 11.0. The predicted molar refractivity (Wildman–Crippen MR) is 71.5 cm³/mol. The summed E-state index contributed by atoms with van der Waals surface area (Å²) >= 11 is 1.72. The van der Waals surface area contributed by atoms with Crippen molar-refractivity contribution in [2.24, 2.45) is 11.8 Å². The summed E-state index contributed by atoms with van der Waals surface area (Å²) in [5.74, 6) is 1.67. The number of nitrogens with one attached hydrogen (secondary N) is 1. The molecule has 2 heterocycles.